The zero-order chi connectivity index (χ0) is 9.80. The fraction of sp³-hybridized carbons (Fsp3) is 1.00. The normalized spacial score (nSPS) is 32.8. The Morgan fingerprint density at radius 2 is 1.64 bits per heavy atom. The van der Waals surface area contributed by atoms with Crippen molar-refractivity contribution < 1.29 is 0 Å². The van der Waals surface area contributed by atoms with E-state index in [1.54, 1.807) is 0 Å². The monoisotopic (exact) mass is 195 g/mol. The summed E-state index contributed by atoms with van der Waals surface area (Å²) in [6, 6.07) is 0. The molecule has 1 unspecified atom stereocenters. The third-order valence-electron chi connectivity index (χ3n) is 4.47. The van der Waals surface area contributed by atoms with E-state index in [9.17, 15) is 0 Å². The first kappa shape index (κ1) is 10.5. The predicted octanol–water partition coefficient (Wildman–Crippen LogP) is 3.20. The number of hydrogen-bond donors (Lipinski definition) is 1. The van der Waals surface area contributed by atoms with Gasteiger partial charge in [0.05, 0.1) is 0 Å². The van der Waals surface area contributed by atoms with E-state index in [1.807, 2.05) is 0 Å². The molecule has 1 heteroatoms. The van der Waals surface area contributed by atoms with Gasteiger partial charge in [-0.05, 0) is 43.7 Å². The molecule has 0 spiro atoms. The lowest BCUT2D eigenvalue weighted by Crippen LogP contribution is -2.36. The van der Waals surface area contributed by atoms with Crippen molar-refractivity contribution in [2.45, 2.75) is 51.9 Å². The SMILES string of the molecule is CC(C1CCCCC1)[C@@H]1CCCNC1. The highest BCUT2D eigenvalue weighted by atomic mass is 14.9. The molecule has 0 amide bonds. The average molecular weight is 195 g/mol. The van der Waals surface area contributed by atoms with Crippen molar-refractivity contribution in [1.29, 1.82) is 0 Å². The van der Waals surface area contributed by atoms with Crippen LogP contribution in [0.1, 0.15) is 51.9 Å². The van der Waals surface area contributed by atoms with Crippen LogP contribution in [-0.2, 0) is 0 Å². The van der Waals surface area contributed by atoms with Crippen molar-refractivity contribution in [2.75, 3.05) is 13.1 Å². The van der Waals surface area contributed by atoms with Crippen LogP contribution in [0.15, 0.2) is 0 Å². The van der Waals surface area contributed by atoms with Crippen LogP contribution in [0.25, 0.3) is 0 Å². The minimum Gasteiger partial charge on any atom is -0.316 e. The van der Waals surface area contributed by atoms with Crippen molar-refractivity contribution in [3.8, 4) is 0 Å². The van der Waals surface area contributed by atoms with Crippen molar-refractivity contribution >= 4 is 0 Å². The first-order valence-corrected chi connectivity index (χ1v) is 6.58. The lowest BCUT2D eigenvalue weighted by Gasteiger charge is -2.35. The van der Waals surface area contributed by atoms with Crippen LogP contribution in [0, 0.1) is 17.8 Å². The molecular formula is C13H25N. The Labute approximate surface area is 88.7 Å². The fourth-order valence-corrected chi connectivity index (χ4v) is 3.37. The van der Waals surface area contributed by atoms with Gasteiger partial charge in [-0.15, -0.1) is 0 Å². The minimum atomic E-state index is 0.975. The predicted molar refractivity (Wildman–Crippen MR) is 61.3 cm³/mol. The van der Waals surface area contributed by atoms with Crippen LogP contribution in [0.4, 0.5) is 0 Å². The first-order chi connectivity index (χ1) is 6.88. The zero-order valence-electron chi connectivity index (χ0n) is 9.60. The number of nitrogens with one attached hydrogen (secondary N) is 1. The summed E-state index contributed by atoms with van der Waals surface area (Å²) >= 11 is 0. The molecule has 1 saturated carbocycles. The lowest BCUT2D eigenvalue weighted by molar-refractivity contribution is 0.168. The van der Waals surface area contributed by atoms with Gasteiger partial charge in [-0.1, -0.05) is 39.0 Å². The molecule has 2 aliphatic rings. The van der Waals surface area contributed by atoms with Gasteiger partial charge >= 0.3 is 0 Å². The van der Waals surface area contributed by atoms with E-state index in [4.69, 9.17) is 0 Å². The third-order valence-corrected chi connectivity index (χ3v) is 4.47. The van der Waals surface area contributed by atoms with E-state index in [2.05, 4.69) is 12.2 Å². The zero-order valence-corrected chi connectivity index (χ0v) is 9.60. The molecule has 2 fully saturated rings. The second-order valence-electron chi connectivity index (χ2n) is 5.36. The van der Waals surface area contributed by atoms with Gasteiger partial charge in [0.1, 0.15) is 0 Å². The molecular weight excluding hydrogens is 170 g/mol. The molecule has 1 saturated heterocycles. The van der Waals surface area contributed by atoms with Crippen molar-refractivity contribution in [2.24, 2.45) is 17.8 Å². The summed E-state index contributed by atoms with van der Waals surface area (Å²) in [6.07, 6.45) is 10.4. The Morgan fingerprint density at radius 1 is 0.929 bits per heavy atom. The van der Waals surface area contributed by atoms with E-state index >= 15 is 0 Å². The van der Waals surface area contributed by atoms with Gasteiger partial charge < -0.3 is 5.32 Å². The summed E-state index contributed by atoms with van der Waals surface area (Å²) in [4.78, 5) is 0. The second kappa shape index (κ2) is 5.16. The topological polar surface area (TPSA) is 12.0 Å². The van der Waals surface area contributed by atoms with Gasteiger partial charge in [-0.3, -0.25) is 0 Å². The molecule has 1 nitrogen and oxygen atoms in total. The fourth-order valence-electron chi connectivity index (χ4n) is 3.37. The maximum Gasteiger partial charge on any atom is -0.00179 e. The summed E-state index contributed by atoms with van der Waals surface area (Å²) in [5.41, 5.74) is 0. The Morgan fingerprint density at radius 3 is 2.29 bits per heavy atom. The van der Waals surface area contributed by atoms with E-state index in [0.29, 0.717) is 0 Å². The Balaban J connectivity index is 1.82. The molecule has 0 aromatic rings. The first-order valence-electron chi connectivity index (χ1n) is 6.58. The summed E-state index contributed by atoms with van der Waals surface area (Å²) in [7, 11) is 0. The molecule has 0 aromatic heterocycles. The molecule has 14 heavy (non-hydrogen) atoms. The molecule has 0 radical (unpaired) electrons. The molecule has 1 N–H and O–H groups in total. The summed E-state index contributed by atoms with van der Waals surface area (Å²) in [5.74, 6) is 3.00. The summed E-state index contributed by atoms with van der Waals surface area (Å²) in [6.45, 7) is 5.05. The van der Waals surface area contributed by atoms with E-state index in [0.717, 1.165) is 17.8 Å². The van der Waals surface area contributed by atoms with Gasteiger partial charge in [0, 0.05) is 0 Å². The quantitative estimate of drug-likeness (QED) is 0.713. The van der Waals surface area contributed by atoms with Crippen LogP contribution in [0.2, 0.25) is 0 Å². The third kappa shape index (κ3) is 2.50. The molecule has 1 heterocycles. The molecule has 0 bridgehead atoms. The van der Waals surface area contributed by atoms with Crippen LogP contribution in [0.5, 0.6) is 0 Å². The highest BCUT2D eigenvalue weighted by Gasteiger charge is 2.27. The van der Waals surface area contributed by atoms with E-state index in [-0.39, 0.29) is 0 Å². The van der Waals surface area contributed by atoms with Crippen LogP contribution >= 0.6 is 0 Å². The molecule has 1 aliphatic heterocycles. The van der Waals surface area contributed by atoms with Gasteiger partial charge in [-0.2, -0.15) is 0 Å². The highest BCUT2D eigenvalue weighted by molar-refractivity contribution is 4.80. The number of hydrogen-bond acceptors (Lipinski definition) is 1. The second-order valence-corrected chi connectivity index (χ2v) is 5.36. The standard InChI is InChI=1S/C13H25N/c1-11(12-6-3-2-4-7-12)13-8-5-9-14-10-13/h11-14H,2-10H2,1H3/t11?,13-/m1/s1. The van der Waals surface area contributed by atoms with Crippen LogP contribution in [-0.4, -0.2) is 13.1 Å². The Kier molecular flexibility index (Phi) is 3.86. The van der Waals surface area contributed by atoms with E-state index in [1.165, 1.54) is 58.0 Å². The van der Waals surface area contributed by atoms with Crippen molar-refractivity contribution in [1.82, 2.24) is 5.32 Å². The highest BCUT2D eigenvalue weighted by Crippen LogP contribution is 2.35. The van der Waals surface area contributed by atoms with E-state index < -0.39 is 0 Å². The Hall–Kier alpha value is -0.0400. The van der Waals surface area contributed by atoms with Gasteiger partial charge in [0.15, 0.2) is 0 Å². The minimum absolute atomic E-state index is 0.975. The van der Waals surface area contributed by atoms with Crippen LogP contribution < -0.4 is 5.32 Å². The van der Waals surface area contributed by atoms with Crippen LogP contribution in [0.3, 0.4) is 0 Å². The van der Waals surface area contributed by atoms with Gasteiger partial charge in [-0.25, -0.2) is 0 Å². The van der Waals surface area contributed by atoms with Crippen molar-refractivity contribution in [3.05, 3.63) is 0 Å². The average Bonchev–Trinajstić information content (AvgIpc) is 2.30. The Bertz CT molecular complexity index is 137. The maximum atomic E-state index is 3.55. The van der Waals surface area contributed by atoms with Gasteiger partial charge in [0.2, 0.25) is 0 Å². The lowest BCUT2D eigenvalue weighted by atomic mass is 9.73. The summed E-state index contributed by atoms with van der Waals surface area (Å²) < 4.78 is 0. The summed E-state index contributed by atoms with van der Waals surface area (Å²) in [5, 5.41) is 3.55. The molecule has 0 aromatic carbocycles. The maximum absolute atomic E-state index is 3.55. The smallest absolute Gasteiger partial charge is 0.00179 e. The largest absolute Gasteiger partial charge is 0.316 e. The molecule has 2 rings (SSSR count). The molecule has 2 atom stereocenters. The van der Waals surface area contributed by atoms with Gasteiger partial charge in [0.25, 0.3) is 0 Å². The molecule has 1 aliphatic carbocycles. The number of rotatable bonds is 2. The number of piperidine rings is 1. The molecule has 82 valence electrons. The van der Waals surface area contributed by atoms with Crippen molar-refractivity contribution in [3.63, 3.8) is 0 Å².